The van der Waals surface area contributed by atoms with Crippen molar-refractivity contribution >= 4 is 17.9 Å². The molecule has 0 atom stereocenters. The molecule has 1 rings (SSSR count). The minimum absolute atomic E-state index is 0.377. The summed E-state index contributed by atoms with van der Waals surface area (Å²) in [5.74, 6) is 0.693. The van der Waals surface area contributed by atoms with Crippen LogP contribution in [0.5, 0.6) is 5.75 Å². The molecule has 0 aliphatic rings. The fourth-order valence-corrected chi connectivity index (χ4v) is 1.51. The lowest BCUT2D eigenvalue weighted by atomic mass is 10.1. The SMILES string of the molecule is COc1cc(N)ccc1C=CCNC(=O)OC(C)(C)C. The van der Waals surface area contributed by atoms with E-state index in [4.69, 9.17) is 15.2 Å². The molecule has 5 heteroatoms. The zero-order chi connectivity index (χ0) is 15.2. The molecule has 0 saturated heterocycles. The average Bonchev–Trinajstić information content (AvgIpc) is 2.33. The average molecular weight is 278 g/mol. The molecular weight excluding hydrogens is 256 g/mol. The number of nitrogen functional groups attached to an aromatic ring is 1. The highest BCUT2D eigenvalue weighted by molar-refractivity contribution is 5.68. The lowest BCUT2D eigenvalue weighted by Crippen LogP contribution is -2.32. The summed E-state index contributed by atoms with van der Waals surface area (Å²) < 4.78 is 10.4. The van der Waals surface area contributed by atoms with E-state index in [1.165, 1.54) is 0 Å². The third-order valence-corrected chi connectivity index (χ3v) is 2.32. The molecule has 0 unspecified atom stereocenters. The van der Waals surface area contributed by atoms with E-state index < -0.39 is 11.7 Å². The molecule has 1 aromatic carbocycles. The van der Waals surface area contributed by atoms with Crippen LogP contribution >= 0.6 is 0 Å². The van der Waals surface area contributed by atoms with Crippen LogP contribution in [0.4, 0.5) is 10.5 Å². The lowest BCUT2D eigenvalue weighted by Gasteiger charge is -2.19. The lowest BCUT2D eigenvalue weighted by molar-refractivity contribution is 0.0534. The Morgan fingerprint density at radius 2 is 2.10 bits per heavy atom. The van der Waals surface area contributed by atoms with Gasteiger partial charge >= 0.3 is 6.09 Å². The number of ether oxygens (including phenoxy) is 2. The van der Waals surface area contributed by atoms with Crippen molar-refractivity contribution in [1.82, 2.24) is 5.32 Å². The summed E-state index contributed by atoms with van der Waals surface area (Å²) in [4.78, 5) is 11.4. The maximum atomic E-state index is 11.4. The van der Waals surface area contributed by atoms with Crippen LogP contribution in [0.2, 0.25) is 0 Å². The van der Waals surface area contributed by atoms with Crippen molar-refractivity contribution in [3.8, 4) is 5.75 Å². The maximum absolute atomic E-state index is 11.4. The van der Waals surface area contributed by atoms with Crippen LogP contribution in [0.15, 0.2) is 24.3 Å². The van der Waals surface area contributed by atoms with Gasteiger partial charge in [-0.25, -0.2) is 4.79 Å². The Labute approximate surface area is 119 Å². The zero-order valence-corrected chi connectivity index (χ0v) is 12.4. The molecule has 5 nitrogen and oxygen atoms in total. The highest BCUT2D eigenvalue weighted by Gasteiger charge is 2.14. The minimum atomic E-state index is -0.492. The van der Waals surface area contributed by atoms with Crippen LogP contribution < -0.4 is 15.8 Å². The van der Waals surface area contributed by atoms with Crippen LogP contribution in [0.25, 0.3) is 6.08 Å². The second-order valence-electron chi connectivity index (χ2n) is 5.29. The van der Waals surface area contributed by atoms with Gasteiger partial charge in [0.15, 0.2) is 0 Å². The van der Waals surface area contributed by atoms with Crippen LogP contribution in [-0.4, -0.2) is 25.3 Å². The van der Waals surface area contributed by atoms with Gasteiger partial charge in [-0.2, -0.15) is 0 Å². The molecule has 0 saturated carbocycles. The van der Waals surface area contributed by atoms with Gasteiger partial charge in [0.25, 0.3) is 0 Å². The van der Waals surface area contributed by atoms with Gasteiger partial charge in [-0.15, -0.1) is 0 Å². The standard InChI is InChI=1S/C15H22N2O3/c1-15(2,3)20-14(18)17-9-5-6-11-7-8-12(16)10-13(11)19-4/h5-8,10H,9,16H2,1-4H3,(H,17,18). The molecule has 0 heterocycles. The first-order valence-electron chi connectivity index (χ1n) is 6.39. The van der Waals surface area contributed by atoms with Crippen molar-refractivity contribution < 1.29 is 14.3 Å². The summed E-state index contributed by atoms with van der Waals surface area (Å²) in [5, 5.41) is 2.64. The van der Waals surface area contributed by atoms with E-state index in [2.05, 4.69) is 5.32 Å². The Balaban J connectivity index is 2.52. The largest absolute Gasteiger partial charge is 0.496 e. The second kappa shape index (κ2) is 6.84. The van der Waals surface area contributed by atoms with E-state index in [-0.39, 0.29) is 0 Å². The first kappa shape index (κ1) is 15.9. The van der Waals surface area contributed by atoms with Crippen molar-refractivity contribution in [3.63, 3.8) is 0 Å². The molecular formula is C15H22N2O3. The smallest absolute Gasteiger partial charge is 0.407 e. The molecule has 3 N–H and O–H groups in total. The Morgan fingerprint density at radius 3 is 2.70 bits per heavy atom. The van der Waals surface area contributed by atoms with Crippen molar-refractivity contribution in [1.29, 1.82) is 0 Å². The molecule has 1 aromatic rings. The third-order valence-electron chi connectivity index (χ3n) is 2.32. The van der Waals surface area contributed by atoms with Gasteiger partial charge in [-0.3, -0.25) is 0 Å². The highest BCUT2D eigenvalue weighted by atomic mass is 16.6. The fraction of sp³-hybridized carbons (Fsp3) is 0.400. The van der Waals surface area contributed by atoms with Gasteiger partial charge in [0.2, 0.25) is 0 Å². The first-order chi connectivity index (χ1) is 9.31. The Hall–Kier alpha value is -2.17. The van der Waals surface area contributed by atoms with Crippen LogP contribution in [0.3, 0.4) is 0 Å². The Bertz CT molecular complexity index is 490. The number of amides is 1. The van der Waals surface area contributed by atoms with E-state index in [1.807, 2.05) is 39.0 Å². The van der Waals surface area contributed by atoms with Gasteiger partial charge in [0.05, 0.1) is 7.11 Å². The number of benzene rings is 1. The number of carbonyl (C=O) groups excluding carboxylic acids is 1. The van der Waals surface area contributed by atoms with Crippen molar-refractivity contribution in [2.45, 2.75) is 26.4 Å². The third kappa shape index (κ3) is 5.65. The summed E-state index contributed by atoms with van der Waals surface area (Å²) in [6.07, 6.45) is 3.24. The predicted molar refractivity (Wildman–Crippen MR) is 80.7 cm³/mol. The summed E-state index contributed by atoms with van der Waals surface area (Å²) in [6, 6.07) is 5.41. The monoisotopic (exact) mass is 278 g/mol. The topological polar surface area (TPSA) is 73.6 Å². The zero-order valence-electron chi connectivity index (χ0n) is 12.4. The number of carbonyl (C=O) groups is 1. The molecule has 0 radical (unpaired) electrons. The number of hydrogen-bond donors (Lipinski definition) is 2. The summed E-state index contributed by atoms with van der Waals surface area (Å²) in [7, 11) is 1.59. The second-order valence-corrected chi connectivity index (χ2v) is 5.29. The summed E-state index contributed by atoms with van der Waals surface area (Å²) in [5.41, 5.74) is 6.73. The van der Waals surface area contributed by atoms with Gasteiger partial charge in [-0.1, -0.05) is 12.2 Å². The minimum Gasteiger partial charge on any atom is -0.496 e. The quantitative estimate of drug-likeness (QED) is 0.831. The fourth-order valence-electron chi connectivity index (χ4n) is 1.51. The molecule has 0 spiro atoms. The number of rotatable bonds is 4. The van der Waals surface area contributed by atoms with Gasteiger partial charge in [0.1, 0.15) is 11.4 Å². The summed E-state index contributed by atoms with van der Waals surface area (Å²) >= 11 is 0. The Kier molecular flexibility index (Phi) is 5.43. The van der Waals surface area contributed by atoms with Crippen LogP contribution in [0.1, 0.15) is 26.3 Å². The molecule has 0 bridgehead atoms. The van der Waals surface area contributed by atoms with E-state index in [0.717, 1.165) is 5.56 Å². The maximum Gasteiger partial charge on any atom is 0.407 e. The van der Waals surface area contributed by atoms with Crippen molar-refractivity contribution in [3.05, 3.63) is 29.8 Å². The van der Waals surface area contributed by atoms with E-state index in [1.54, 1.807) is 19.2 Å². The summed E-state index contributed by atoms with van der Waals surface area (Å²) in [6.45, 7) is 5.84. The highest BCUT2D eigenvalue weighted by Crippen LogP contribution is 2.22. The van der Waals surface area contributed by atoms with Crippen LogP contribution in [0, 0.1) is 0 Å². The number of alkyl carbamates (subject to hydrolysis) is 1. The number of anilines is 1. The normalized spacial score (nSPS) is 11.4. The number of hydrogen-bond acceptors (Lipinski definition) is 4. The van der Waals surface area contributed by atoms with Crippen molar-refractivity contribution in [2.75, 3.05) is 19.4 Å². The number of methoxy groups -OCH3 is 1. The van der Waals surface area contributed by atoms with Gasteiger partial charge in [0, 0.05) is 23.9 Å². The van der Waals surface area contributed by atoms with E-state index in [0.29, 0.717) is 18.0 Å². The number of nitrogens with two attached hydrogens (primary N) is 1. The van der Waals surface area contributed by atoms with Crippen LogP contribution in [-0.2, 0) is 4.74 Å². The molecule has 110 valence electrons. The molecule has 0 fully saturated rings. The number of nitrogens with one attached hydrogen (secondary N) is 1. The molecule has 0 aliphatic heterocycles. The van der Waals surface area contributed by atoms with Gasteiger partial charge in [-0.05, 0) is 32.9 Å². The predicted octanol–water partition coefficient (Wildman–Crippen LogP) is 2.82. The molecule has 0 aliphatic carbocycles. The van der Waals surface area contributed by atoms with E-state index in [9.17, 15) is 4.79 Å². The Morgan fingerprint density at radius 1 is 1.40 bits per heavy atom. The molecule has 20 heavy (non-hydrogen) atoms. The molecule has 0 aromatic heterocycles. The van der Waals surface area contributed by atoms with E-state index >= 15 is 0 Å². The van der Waals surface area contributed by atoms with Gasteiger partial charge < -0.3 is 20.5 Å². The first-order valence-corrected chi connectivity index (χ1v) is 6.39. The van der Waals surface area contributed by atoms with Crippen molar-refractivity contribution in [2.24, 2.45) is 0 Å². The molecule has 1 amide bonds.